The summed E-state index contributed by atoms with van der Waals surface area (Å²) in [5, 5.41) is 3.31. The molecule has 2 heterocycles. The second kappa shape index (κ2) is 6.64. The molecular weight excluding hydrogens is 350 g/mol. The van der Waals surface area contributed by atoms with Crippen molar-refractivity contribution < 1.29 is 14.4 Å². The molecular formula is C19H19N3O3S. The van der Waals surface area contributed by atoms with Crippen molar-refractivity contribution in [2.45, 2.75) is 26.2 Å². The van der Waals surface area contributed by atoms with Crippen LogP contribution in [0.3, 0.4) is 0 Å². The number of fused-ring (bicyclic) bond motifs is 2. The number of anilines is 1. The van der Waals surface area contributed by atoms with E-state index >= 15 is 0 Å². The molecule has 0 bridgehead atoms. The summed E-state index contributed by atoms with van der Waals surface area (Å²) in [7, 11) is 0. The van der Waals surface area contributed by atoms with E-state index in [0.717, 1.165) is 15.8 Å². The number of rotatable bonds is 4. The van der Waals surface area contributed by atoms with Gasteiger partial charge in [-0.05, 0) is 37.5 Å². The van der Waals surface area contributed by atoms with Crippen LogP contribution in [0.1, 0.15) is 24.8 Å². The fraction of sp³-hybridized carbons (Fsp3) is 0.368. The van der Waals surface area contributed by atoms with Crippen molar-refractivity contribution in [3.05, 3.63) is 35.9 Å². The molecule has 1 fully saturated rings. The van der Waals surface area contributed by atoms with E-state index in [9.17, 15) is 14.4 Å². The van der Waals surface area contributed by atoms with E-state index in [0.29, 0.717) is 18.0 Å². The van der Waals surface area contributed by atoms with Gasteiger partial charge in [0.2, 0.25) is 17.7 Å². The molecule has 2 atom stereocenters. The maximum absolute atomic E-state index is 12.4. The van der Waals surface area contributed by atoms with Crippen LogP contribution in [0.25, 0.3) is 10.2 Å². The highest BCUT2D eigenvalue weighted by atomic mass is 32.1. The minimum atomic E-state index is -0.247. The zero-order valence-electron chi connectivity index (χ0n) is 14.4. The highest BCUT2D eigenvalue weighted by Gasteiger charge is 2.46. The van der Waals surface area contributed by atoms with Crippen molar-refractivity contribution in [3.63, 3.8) is 0 Å². The van der Waals surface area contributed by atoms with Crippen LogP contribution in [-0.2, 0) is 14.4 Å². The molecule has 1 aliphatic heterocycles. The van der Waals surface area contributed by atoms with Crippen LogP contribution < -0.4 is 5.32 Å². The summed E-state index contributed by atoms with van der Waals surface area (Å²) < 4.78 is 1.02. The highest BCUT2D eigenvalue weighted by Crippen LogP contribution is 2.35. The molecule has 1 N–H and O–H groups in total. The van der Waals surface area contributed by atoms with Gasteiger partial charge in [-0.1, -0.05) is 29.6 Å². The zero-order chi connectivity index (χ0) is 18.3. The average Bonchev–Trinajstić information content (AvgIpc) is 3.12. The predicted molar refractivity (Wildman–Crippen MR) is 99.7 cm³/mol. The van der Waals surface area contributed by atoms with Gasteiger partial charge < -0.3 is 5.32 Å². The van der Waals surface area contributed by atoms with Gasteiger partial charge in [0.05, 0.1) is 22.1 Å². The highest BCUT2D eigenvalue weighted by molar-refractivity contribution is 7.22. The third-order valence-corrected chi connectivity index (χ3v) is 5.89. The normalized spacial score (nSPS) is 22.1. The topological polar surface area (TPSA) is 79.4 Å². The minimum Gasteiger partial charge on any atom is -0.302 e. The third-order valence-electron chi connectivity index (χ3n) is 4.95. The van der Waals surface area contributed by atoms with E-state index in [4.69, 9.17) is 0 Å². The van der Waals surface area contributed by atoms with Crippen molar-refractivity contribution in [1.29, 1.82) is 0 Å². The molecule has 0 radical (unpaired) electrons. The van der Waals surface area contributed by atoms with Crippen LogP contribution in [0.5, 0.6) is 0 Å². The van der Waals surface area contributed by atoms with E-state index in [2.05, 4.69) is 10.3 Å². The van der Waals surface area contributed by atoms with Crippen LogP contribution in [0.15, 0.2) is 30.4 Å². The maximum Gasteiger partial charge on any atom is 0.233 e. The Morgan fingerprint density at radius 3 is 2.62 bits per heavy atom. The molecule has 1 aromatic carbocycles. The van der Waals surface area contributed by atoms with Gasteiger partial charge in [0.15, 0.2) is 5.13 Å². The Hall–Kier alpha value is -2.54. The fourth-order valence-electron chi connectivity index (χ4n) is 3.57. The molecule has 2 aromatic rings. The Bertz CT molecular complexity index is 907. The lowest BCUT2D eigenvalue weighted by Gasteiger charge is -2.14. The van der Waals surface area contributed by atoms with E-state index in [1.165, 1.54) is 16.2 Å². The molecule has 1 aliphatic carbocycles. The van der Waals surface area contributed by atoms with Gasteiger partial charge in [-0.3, -0.25) is 19.3 Å². The van der Waals surface area contributed by atoms with E-state index < -0.39 is 0 Å². The summed E-state index contributed by atoms with van der Waals surface area (Å²) in [6.07, 6.45) is 5.22. The molecule has 134 valence electrons. The summed E-state index contributed by atoms with van der Waals surface area (Å²) in [6, 6.07) is 5.93. The SMILES string of the molecule is Cc1ccc2nc(NC(=O)CCN3C(=O)[C@@H]4CC=CC[C@H]4C3=O)sc2c1. The molecule has 0 spiro atoms. The van der Waals surface area contributed by atoms with E-state index in [1.807, 2.05) is 37.3 Å². The number of allylic oxidation sites excluding steroid dienone is 2. The largest absolute Gasteiger partial charge is 0.302 e. The first-order chi connectivity index (χ1) is 12.5. The summed E-state index contributed by atoms with van der Waals surface area (Å²) in [5.41, 5.74) is 1.98. The lowest BCUT2D eigenvalue weighted by molar-refractivity contribution is -0.140. The van der Waals surface area contributed by atoms with Crippen molar-refractivity contribution in [3.8, 4) is 0 Å². The number of aryl methyl sites for hydroxylation is 1. The number of likely N-dealkylation sites (tertiary alicyclic amines) is 1. The molecule has 2 aliphatic rings. The number of nitrogens with one attached hydrogen (secondary N) is 1. The Morgan fingerprint density at radius 2 is 1.92 bits per heavy atom. The van der Waals surface area contributed by atoms with Crippen LogP contribution in [0.2, 0.25) is 0 Å². The average molecular weight is 369 g/mol. The standard InChI is InChI=1S/C19H19N3O3S/c1-11-6-7-14-15(10-11)26-19(20-14)21-16(23)8-9-22-17(24)12-4-2-3-5-13(12)18(22)25/h2-3,6-7,10,12-13H,4-5,8-9H2,1H3,(H,20,21,23)/t12-,13-/m1/s1. The molecule has 0 saturated carbocycles. The summed E-state index contributed by atoms with van der Waals surface area (Å²) in [4.78, 5) is 42.7. The minimum absolute atomic E-state index is 0.0826. The second-order valence-corrected chi connectivity index (χ2v) is 7.80. The lowest BCUT2D eigenvalue weighted by atomic mass is 9.85. The van der Waals surface area contributed by atoms with Gasteiger partial charge in [0, 0.05) is 13.0 Å². The molecule has 1 aromatic heterocycles. The van der Waals surface area contributed by atoms with Crippen LogP contribution in [0, 0.1) is 18.8 Å². The van der Waals surface area contributed by atoms with E-state index in [1.54, 1.807) is 0 Å². The van der Waals surface area contributed by atoms with Gasteiger partial charge in [-0.15, -0.1) is 0 Å². The quantitative estimate of drug-likeness (QED) is 0.664. The van der Waals surface area contributed by atoms with Crippen molar-refractivity contribution in [2.75, 3.05) is 11.9 Å². The summed E-state index contributed by atoms with van der Waals surface area (Å²) in [6.45, 7) is 2.13. The van der Waals surface area contributed by atoms with Crippen molar-refractivity contribution in [2.24, 2.45) is 11.8 Å². The predicted octanol–water partition coefficient (Wildman–Crippen LogP) is 2.88. The van der Waals surface area contributed by atoms with Gasteiger partial charge in [0.25, 0.3) is 0 Å². The molecule has 7 heteroatoms. The van der Waals surface area contributed by atoms with Crippen molar-refractivity contribution >= 4 is 44.4 Å². The number of benzene rings is 1. The Morgan fingerprint density at radius 1 is 1.23 bits per heavy atom. The summed E-state index contributed by atoms with van der Waals surface area (Å²) >= 11 is 1.42. The first kappa shape index (κ1) is 16.9. The molecule has 6 nitrogen and oxygen atoms in total. The summed E-state index contributed by atoms with van der Waals surface area (Å²) in [5.74, 6) is -1.03. The molecule has 4 rings (SSSR count). The number of nitrogens with zero attached hydrogens (tertiary/aromatic N) is 2. The number of hydrogen-bond donors (Lipinski definition) is 1. The van der Waals surface area contributed by atoms with Crippen molar-refractivity contribution in [1.82, 2.24) is 9.88 Å². The zero-order valence-corrected chi connectivity index (χ0v) is 15.2. The first-order valence-electron chi connectivity index (χ1n) is 8.70. The molecule has 26 heavy (non-hydrogen) atoms. The molecule has 1 saturated heterocycles. The number of aromatic nitrogens is 1. The van der Waals surface area contributed by atoms with Gasteiger partial charge in [-0.25, -0.2) is 4.98 Å². The number of carbonyl (C=O) groups excluding carboxylic acids is 3. The molecule has 3 amide bonds. The second-order valence-electron chi connectivity index (χ2n) is 6.77. The monoisotopic (exact) mass is 369 g/mol. The smallest absolute Gasteiger partial charge is 0.233 e. The van der Waals surface area contributed by atoms with Gasteiger partial charge >= 0.3 is 0 Å². The van der Waals surface area contributed by atoms with Crippen LogP contribution in [0.4, 0.5) is 5.13 Å². The third kappa shape index (κ3) is 3.03. The fourth-order valence-corrected chi connectivity index (χ4v) is 4.55. The Labute approximate surface area is 154 Å². The van der Waals surface area contributed by atoms with Crippen LogP contribution >= 0.6 is 11.3 Å². The van der Waals surface area contributed by atoms with Crippen LogP contribution in [-0.4, -0.2) is 34.2 Å². The lowest BCUT2D eigenvalue weighted by Crippen LogP contribution is -2.34. The van der Waals surface area contributed by atoms with Gasteiger partial charge in [0.1, 0.15) is 0 Å². The number of thiazole rings is 1. The first-order valence-corrected chi connectivity index (χ1v) is 9.52. The Kier molecular flexibility index (Phi) is 4.32. The number of carbonyl (C=O) groups is 3. The number of hydrogen-bond acceptors (Lipinski definition) is 5. The number of imide groups is 1. The van der Waals surface area contributed by atoms with E-state index in [-0.39, 0.29) is 42.5 Å². The maximum atomic E-state index is 12.4. The molecule has 0 unspecified atom stereocenters. The van der Waals surface area contributed by atoms with Gasteiger partial charge in [-0.2, -0.15) is 0 Å². The Balaban J connectivity index is 1.37. The number of amides is 3.